The predicted octanol–water partition coefficient (Wildman–Crippen LogP) is 5.06. The maximum absolute atomic E-state index is 12.4. The van der Waals surface area contributed by atoms with Crippen molar-refractivity contribution in [2.45, 2.75) is 13.8 Å². The number of rotatable bonds is 7. The van der Waals surface area contributed by atoms with Gasteiger partial charge in [-0.05, 0) is 61.9 Å². The van der Waals surface area contributed by atoms with Gasteiger partial charge in [-0.15, -0.1) is 0 Å². The third-order valence-corrected chi connectivity index (χ3v) is 3.94. The lowest BCUT2D eigenvalue weighted by Gasteiger charge is -2.11. The van der Waals surface area contributed by atoms with E-state index in [1.807, 2.05) is 62.4 Å². The van der Waals surface area contributed by atoms with Crippen molar-refractivity contribution in [2.75, 3.05) is 12.0 Å². The fraction of sp³-hybridized carbons (Fsp3) is 0.130. The molecule has 0 radical (unpaired) electrons. The van der Waals surface area contributed by atoms with Gasteiger partial charge < -0.3 is 9.47 Å². The topological polar surface area (TPSA) is 59.9 Å². The molecule has 0 aromatic heterocycles. The Morgan fingerprint density at radius 2 is 1.75 bits per heavy atom. The van der Waals surface area contributed by atoms with Crippen LogP contribution in [-0.2, 0) is 0 Å². The van der Waals surface area contributed by atoms with E-state index in [2.05, 4.69) is 10.5 Å². The summed E-state index contributed by atoms with van der Waals surface area (Å²) in [5, 5.41) is 4.22. The first-order chi connectivity index (χ1) is 13.7. The van der Waals surface area contributed by atoms with Crippen molar-refractivity contribution in [3.05, 3.63) is 89.5 Å². The zero-order chi connectivity index (χ0) is 19.8. The highest BCUT2D eigenvalue weighted by atomic mass is 16.6. The van der Waals surface area contributed by atoms with Crippen LogP contribution in [0.1, 0.15) is 28.4 Å². The molecule has 0 aliphatic heterocycles. The zero-order valence-corrected chi connectivity index (χ0v) is 15.9. The number of nitrogens with zero attached hydrogens (tertiary/aromatic N) is 1. The second-order valence-corrected chi connectivity index (χ2v) is 6.13. The fourth-order valence-corrected chi connectivity index (χ4v) is 2.50. The summed E-state index contributed by atoms with van der Waals surface area (Å²) in [6, 6.07) is 22.2. The van der Waals surface area contributed by atoms with Crippen molar-refractivity contribution in [2.24, 2.45) is 5.10 Å². The van der Waals surface area contributed by atoms with Gasteiger partial charge >= 0.3 is 5.97 Å². The smallest absolute Gasteiger partial charge is 0.343 e. The summed E-state index contributed by atoms with van der Waals surface area (Å²) in [6.45, 7) is 4.30. The lowest BCUT2D eigenvalue weighted by molar-refractivity contribution is 0.0728. The molecule has 0 amide bonds. The highest BCUT2D eigenvalue weighted by Crippen LogP contribution is 2.29. The summed E-state index contributed by atoms with van der Waals surface area (Å²) >= 11 is 0. The Labute approximate surface area is 164 Å². The van der Waals surface area contributed by atoms with Crippen molar-refractivity contribution in [1.29, 1.82) is 0 Å². The average Bonchev–Trinajstić information content (AvgIpc) is 2.71. The SMILES string of the molecule is CCOc1cc(C=NNc2ccccc2)ccc1OC(=O)c1ccc(C)cc1. The molecule has 0 atom stereocenters. The number of carbonyl (C=O) groups is 1. The molecule has 0 spiro atoms. The van der Waals surface area contributed by atoms with Gasteiger partial charge in [-0.1, -0.05) is 35.9 Å². The van der Waals surface area contributed by atoms with E-state index in [0.29, 0.717) is 23.7 Å². The molecule has 28 heavy (non-hydrogen) atoms. The van der Waals surface area contributed by atoms with Crippen molar-refractivity contribution >= 4 is 17.9 Å². The van der Waals surface area contributed by atoms with Gasteiger partial charge in [0.05, 0.1) is 24.1 Å². The molecule has 3 aromatic carbocycles. The molecule has 1 N–H and O–H groups in total. The zero-order valence-electron chi connectivity index (χ0n) is 15.9. The lowest BCUT2D eigenvalue weighted by atomic mass is 10.1. The third kappa shape index (κ3) is 5.20. The number of nitrogens with one attached hydrogen (secondary N) is 1. The molecular weight excluding hydrogens is 352 g/mol. The standard InChI is InChI=1S/C23H22N2O3/c1-3-27-22-15-18(16-24-25-20-7-5-4-6-8-20)11-14-21(22)28-23(26)19-12-9-17(2)10-13-19/h4-16,25H,3H2,1-2H3. The molecule has 0 bridgehead atoms. The van der Waals surface area contributed by atoms with E-state index in [9.17, 15) is 4.79 Å². The molecule has 0 saturated carbocycles. The van der Waals surface area contributed by atoms with Crippen LogP contribution in [0.25, 0.3) is 0 Å². The van der Waals surface area contributed by atoms with Gasteiger partial charge in [0.25, 0.3) is 0 Å². The Morgan fingerprint density at radius 1 is 1.00 bits per heavy atom. The van der Waals surface area contributed by atoms with Crippen LogP contribution in [0, 0.1) is 6.92 Å². The quantitative estimate of drug-likeness (QED) is 0.272. The summed E-state index contributed by atoms with van der Waals surface area (Å²) in [5.41, 5.74) is 6.25. The highest BCUT2D eigenvalue weighted by molar-refractivity contribution is 5.91. The van der Waals surface area contributed by atoms with E-state index in [-0.39, 0.29) is 0 Å². The number of carbonyl (C=O) groups excluding carboxylic acids is 1. The summed E-state index contributed by atoms with van der Waals surface area (Å²) in [4.78, 5) is 12.4. The van der Waals surface area contributed by atoms with Gasteiger partial charge in [-0.25, -0.2) is 4.79 Å². The van der Waals surface area contributed by atoms with Crippen molar-refractivity contribution < 1.29 is 14.3 Å². The number of hydrogen-bond donors (Lipinski definition) is 1. The van der Waals surface area contributed by atoms with Crippen LogP contribution in [0.5, 0.6) is 11.5 Å². The number of esters is 1. The minimum absolute atomic E-state index is 0.376. The minimum atomic E-state index is -0.423. The number of anilines is 1. The Kier molecular flexibility index (Phi) is 6.41. The number of benzene rings is 3. The first-order valence-corrected chi connectivity index (χ1v) is 9.05. The number of ether oxygens (including phenoxy) is 2. The molecular formula is C23H22N2O3. The molecule has 0 heterocycles. The van der Waals surface area contributed by atoms with E-state index in [1.165, 1.54) is 0 Å². The van der Waals surface area contributed by atoms with E-state index in [4.69, 9.17) is 9.47 Å². The largest absolute Gasteiger partial charge is 0.490 e. The number of hydrogen-bond acceptors (Lipinski definition) is 5. The molecule has 0 aliphatic carbocycles. The van der Waals surface area contributed by atoms with Crippen molar-refractivity contribution in [3.63, 3.8) is 0 Å². The van der Waals surface area contributed by atoms with Gasteiger partial charge in [0, 0.05) is 0 Å². The molecule has 3 aromatic rings. The monoisotopic (exact) mass is 374 g/mol. The Balaban J connectivity index is 1.73. The first-order valence-electron chi connectivity index (χ1n) is 9.05. The molecule has 0 saturated heterocycles. The molecule has 3 rings (SSSR count). The van der Waals surface area contributed by atoms with E-state index < -0.39 is 5.97 Å². The number of hydrazone groups is 1. The minimum Gasteiger partial charge on any atom is -0.490 e. The molecule has 0 unspecified atom stereocenters. The normalized spacial score (nSPS) is 10.6. The van der Waals surface area contributed by atoms with Crippen molar-refractivity contribution in [1.82, 2.24) is 0 Å². The Morgan fingerprint density at radius 3 is 2.46 bits per heavy atom. The van der Waals surface area contributed by atoms with Gasteiger partial charge in [-0.2, -0.15) is 5.10 Å². The number of para-hydroxylation sites is 1. The lowest BCUT2D eigenvalue weighted by Crippen LogP contribution is -2.09. The molecule has 5 heteroatoms. The van der Waals surface area contributed by atoms with Gasteiger partial charge in [0.1, 0.15) is 0 Å². The average molecular weight is 374 g/mol. The van der Waals surface area contributed by atoms with Crippen molar-refractivity contribution in [3.8, 4) is 11.5 Å². The Bertz CT molecular complexity index is 951. The van der Waals surface area contributed by atoms with Gasteiger partial charge in [-0.3, -0.25) is 5.43 Å². The number of aryl methyl sites for hydroxylation is 1. The predicted molar refractivity (Wildman–Crippen MR) is 111 cm³/mol. The summed E-state index contributed by atoms with van der Waals surface area (Å²) in [6.07, 6.45) is 1.68. The van der Waals surface area contributed by atoms with E-state index >= 15 is 0 Å². The van der Waals surface area contributed by atoms with Crippen LogP contribution < -0.4 is 14.9 Å². The van der Waals surface area contributed by atoms with Crippen LogP contribution in [0.3, 0.4) is 0 Å². The van der Waals surface area contributed by atoms with E-state index in [0.717, 1.165) is 16.8 Å². The summed E-state index contributed by atoms with van der Waals surface area (Å²) < 4.78 is 11.2. The maximum atomic E-state index is 12.4. The first kappa shape index (κ1) is 19.2. The molecule has 0 fully saturated rings. The summed E-state index contributed by atoms with van der Waals surface area (Å²) in [5.74, 6) is 0.445. The second kappa shape index (κ2) is 9.37. The van der Waals surface area contributed by atoms with Crippen LogP contribution >= 0.6 is 0 Å². The molecule has 142 valence electrons. The molecule has 0 aliphatic rings. The van der Waals surface area contributed by atoms with Crippen LogP contribution in [0.15, 0.2) is 77.9 Å². The van der Waals surface area contributed by atoms with Crippen LogP contribution in [-0.4, -0.2) is 18.8 Å². The second-order valence-electron chi connectivity index (χ2n) is 6.13. The van der Waals surface area contributed by atoms with E-state index in [1.54, 1.807) is 30.5 Å². The van der Waals surface area contributed by atoms with Gasteiger partial charge in [0.2, 0.25) is 0 Å². The van der Waals surface area contributed by atoms with Crippen LogP contribution in [0.4, 0.5) is 5.69 Å². The summed E-state index contributed by atoms with van der Waals surface area (Å²) in [7, 11) is 0. The highest BCUT2D eigenvalue weighted by Gasteiger charge is 2.13. The van der Waals surface area contributed by atoms with Gasteiger partial charge in [0.15, 0.2) is 11.5 Å². The maximum Gasteiger partial charge on any atom is 0.343 e. The third-order valence-electron chi connectivity index (χ3n) is 3.94. The van der Waals surface area contributed by atoms with Crippen LogP contribution in [0.2, 0.25) is 0 Å². The molecule has 5 nitrogen and oxygen atoms in total. The Hall–Kier alpha value is -3.60. The fourth-order valence-electron chi connectivity index (χ4n) is 2.50.